The van der Waals surface area contributed by atoms with Crippen LogP contribution in [-0.4, -0.2) is 36.5 Å². The van der Waals surface area contributed by atoms with Gasteiger partial charge in [-0.25, -0.2) is 4.98 Å². The Morgan fingerprint density at radius 3 is 3.04 bits per heavy atom. The Hall–Kier alpha value is -2.05. The van der Waals surface area contributed by atoms with E-state index in [-0.39, 0.29) is 12.0 Å². The molecule has 1 fully saturated rings. The number of carbonyl (C=O) groups is 1. The van der Waals surface area contributed by atoms with E-state index in [0.717, 1.165) is 17.0 Å². The van der Waals surface area contributed by atoms with E-state index >= 15 is 0 Å². The average Bonchev–Trinajstić information content (AvgIpc) is 3.08. The molecule has 0 spiro atoms. The fourth-order valence-electron chi connectivity index (χ4n) is 2.33. The third-order valence-electron chi connectivity index (χ3n) is 3.53. The molecular formula is C17H18N2O3S. The maximum absolute atomic E-state index is 12.4. The Morgan fingerprint density at radius 1 is 1.39 bits per heavy atom. The van der Waals surface area contributed by atoms with Gasteiger partial charge in [-0.2, -0.15) is 0 Å². The van der Waals surface area contributed by atoms with Crippen LogP contribution in [0.15, 0.2) is 47.5 Å². The number of benzene rings is 1. The number of aromatic nitrogens is 1. The van der Waals surface area contributed by atoms with Crippen LogP contribution in [-0.2, 0) is 4.74 Å². The van der Waals surface area contributed by atoms with E-state index in [1.807, 2.05) is 30.5 Å². The number of pyridine rings is 1. The van der Waals surface area contributed by atoms with Gasteiger partial charge in [0.15, 0.2) is 0 Å². The molecule has 1 aliphatic rings. The van der Waals surface area contributed by atoms with Crippen LogP contribution in [0.25, 0.3) is 0 Å². The number of hydrogen-bond donors (Lipinski definition) is 1. The monoisotopic (exact) mass is 330 g/mol. The van der Waals surface area contributed by atoms with Gasteiger partial charge in [-0.15, -0.1) is 11.8 Å². The van der Waals surface area contributed by atoms with Crippen LogP contribution in [0.3, 0.4) is 0 Å². The second-order valence-corrected chi connectivity index (χ2v) is 5.99. The Morgan fingerprint density at radius 2 is 2.26 bits per heavy atom. The van der Waals surface area contributed by atoms with Crippen molar-refractivity contribution < 1.29 is 14.3 Å². The summed E-state index contributed by atoms with van der Waals surface area (Å²) >= 11 is 1.59. The first-order valence-corrected chi connectivity index (χ1v) is 8.63. The molecule has 1 aliphatic heterocycles. The van der Waals surface area contributed by atoms with Crippen molar-refractivity contribution in [2.24, 2.45) is 0 Å². The molecule has 120 valence electrons. The fraction of sp³-hybridized carbons (Fsp3) is 0.294. The molecule has 3 rings (SSSR count). The van der Waals surface area contributed by atoms with Gasteiger partial charge in [0, 0.05) is 29.1 Å². The summed E-state index contributed by atoms with van der Waals surface area (Å²) in [6, 6.07) is 11.0. The number of nitrogens with one attached hydrogen (secondary N) is 1. The van der Waals surface area contributed by atoms with Gasteiger partial charge in [-0.05, 0) is 24.5 Å². The van der Waals surface area contributed by atoms with Crippen LogP contribution in [0.4, 0.5) is 5.69 Å². The number of amides is 1. The minimum atomic E-state index is -0.179. The molecule has 2 aromatic rings. The number of carbonyl (C=O) groups excluding carboxylic acids is 1. The summed E-state index contributed by atoms with van der Waals surface area (Å²) in [5.74, 6) is 0.271. The molecule has 1 aromatic carbocycles. The number of thioether (sulfide) groups is 1. The molecule has 6 heteroatoms. The van der Waals surface area contributed by atoms with E-state index in [9.17, 15) is 4.79 Å². The Labute approximate surface area is 139 Å². The lowest BCUT2D eigenvalue weighted by Crippen LogP contribution is -2.17. The average molecular weight is 330 g/mol. The lowest BCUT2D eigenvalue weighted by molar-refractivity contribution is 0.102. The van der Waals surface area contributed by atoms with Crippen LogP contribution < -0.4 is 10.1 Å². The van der Waals surface area contributed by atoms with E-state index in [1.165, 1.54) is 0 Å². The smallest absolute Gasteiger partial charge is 0.255 e. The van der Waals surface area contributed by atoms with Crippen LogP contribution in [0.2, 0.25) is 0 Å². The summed E-state index contributed by atoms with van der Waals surface area (Å²) in [7, 11) is 0. The predicted octanol–water partition coefficient (Wildman–Crippen LogP) is 3.22. The summed E-state index contributed by atoms with van der Waals surface area (Å²) in [6.07, 6.45) is 4.42. The first kappa shape index (κ1) is 15.8. The molecule has 23 heavy (non-hydrogen) atoms. The Bertz CT molecular complexity index is 687. The van der Waals surface area contributed by atoms with Crippen molar-refractivity contribution in [3.8, 4) is 5.88 Å². The SMILES string of the molecule is CSc1ccccc1NC(=O)c1ccnc(O[C@@H]2CCOC2)c1. The molecule has 0 unspecified atom stereocenters. The first-order valence-electron chi connectivity index (χ1n) is 7.41. The lowest BCUT2D eigenvalue weighted by Gasteiger charge is -2.12. The highest BCUT2D eigenvalue weighted by atomic mass is 32.2. The van der Waals surface area contributed by atoms with Crippen LogP contribution in [0.1, 0.15) is 16.8 Å². The molecule has 1 amide bonds. The fourth-order valence-corrected chi connectivity index (χ4v) is 2.89. The van der Waals surface area contributed by atoms with Gasteiger partial charge in [0.05, 0.1) is 18.9 Å². The van der Waals surface area contributed by atoms with Gasteiger partial charge in [0.1, 0.15) is 6.10 Å². The normalized spacial score (nSPS) is 17.0. The third kappa shape index (κ3) is 4.03. The van der Waals surface area contributed by atoms with Crippen molar-refractivity contribution in [2.75, 3.05) is 24.8 Å². The number of hydrogen-bond acceptors (Lipinski definition) is 5. The molecule has 1 aromatic heterocycles. The molecule has 0 radical (unpaired) electrons. The van der Waals surface area contributed by atoms with Crippen molar-refractivity contribution in [2.45, 2.75) is 17.4 Å². The summed E-state index contributed by atoms with van der Waals surface area (Å²) in [6.45, 7) is 1.27. The van der Waals surface area contributed by atoms with Crippen LogP contribution in [0.5, 0.6) is 5.88 Å². The summed E-state index contributed by atoms with van der Waals surface area (Å²) in [5, 5.41) is 2.93. The van der Waals surface area contributed by atoms with Crippen molar-refractivity contribution in [1.82, 2.24) is 4.98 Å². The molecule has 5 nitrogen and oxygen atoms in total. The lowest BCUT2D eigenvalue weighted by atomic mass is 10.2. The largest absolute Gasteiger partial charge is 0.472 e. The molecule has 2 heterocycles. The quantitative estimate of drug-likeness (QED) is 0.853. The summed E-state index contributed by atoms with van der Waals surface area (Å²) in [4.78, 5) is 17.6. The zero-order valence-corrected chi connectivity index (χ0v) is 13.6. The van der Waals surface area contributed by atoms with E-state index in [0.29, 0.717) is 24.7 Å². The van der Waals surface area contributed by atoms with E-state index in [2.05, 4.69) is 10.3 Å². The van der Waals surface area contributed by atoms with Gasteiger partial charge >= 0.3 is 0 Å². The number of anilines is 1. The Kier molecular flexibility index (Phi) is 5.15. The van der Waals surface area contributed by atoms with E-state index in [1.54, 1.807) is 30.1 Å². The number of rotatable bonds is 5. The predicted molar refractivity (Wildman–Crippen MR) is 90.3 cm³/mol. The minimum absolute atomic E-state index is 0.0121. The standard InChI is InChI=1S/C17H18N2O3S/c1-23-15-5-3-2-4-14(15)19-17(20)12-6-8-18-16(10-12)22-13-7-9-21-11-13/h2-6,8,10,13H,7,9,11H2,1H3,(H,19,20)/t13-/m1/s1. The maximum Gasteiger partial charge on any atom is 0.255 e. The zero-order chi connectivity index (χ0) is 16.1. The number of nitrogens with zero attached hydrogens (tertiary/aromatic N) is 1. The maximum atomic E-state index is 12.4. The topological polar surface area (TPSA) is 60.5 Å². The number of para-hydroxylation sites is 1. The van der Waals surface area contributed by atoms with Crippen LogP contribution in [0, 0.1) is 0 Å². The van der Waals surface area contributed by atoms with Crippen molar-refractivity contribution in [3.63, 3.8) is 0 Å². The minimum Gasteiger partial charge on any atom is -0.472 e. The second kappa shape index (κ2) is 7.48. The first-order chi connectivity index (χ1) is 11.3. The van der Waals surface area contributed by atoms with Crippen LogP contribution >= 0.6 is 11.8 Å². The summed E-state index contributed by atoms with van der Waals surface area (Å²) < 4.78 is 11.0. The van der Waals surface area contributed by atoms with Crippen molar-refractivity contribution in [1.29, 1.82) is 0 Å². The molecular weight excluding hydrogens is 312 g/mol. The van der Waals surface area contributed by atoms with Gasteiger partial charge in [0.25, 0.3) is 5.91 Å². The molecule has 1 atom stereocenters. The van der Waals surface area contributed by atoms with Gasteiger partial charge in [0.2, 0.25) is 5.88 Å². The highest BCUT2D eigenvalue weighted by Crippen LogP contribution is 2.25. The molecule has 0 aliphatic carbocycles. The van der Waals surface area contributed by atoms with Crippen molar-refractivity contribution >= 4 is 23.4 Å². The second-order valence-electron chi connectivity index (χ2n) is 5.14. The molecule has 1 N–H and O–H groups in total. The molecule has 0 saturated carbocycles. The third-order valence-corrected chi connectivity index (χ3v) is 4.32. The highest BCUT2D eigenvalue weighted by molar-refractivity contribution is 7.98. The van der Waals surface area contributed by atoms with E-state index in [4.69, 9.17) is 9.47 Å². The van der Waals surface area contributed by atoms with E-state index < -0.39 is 0 Å². The highest BCUT2D eigenvalue weighted by Gasteiger charge is 2.18. The number of ether oxygens (including phenoxy) is 2. The van der Waals surface area contributed by atoms with Gasteiger partial charge in [-0.3, -0.25) is 4.79 Å². The van der Waals surface area contributed by atoms with Gasteiger partial charge in [-0.1, -0.05) is 12.1 Å². The zero-order valence-electron chi connectivity index (χ0n) is 12.8. The van der Waals surface area contributed by atoms with Crippen molar-refractivity contribution in [3.05, 3.63) is 48.2 Å². The van der Waals surface area contributed by atoms with Gasteiger partial charge < -0.3 is 14.8 Å². The summed E-state index contributed by atoms with van der Waals surface area (Å²) in [5.41, 5.74) is 1.32. The molecule has 1 saturated heterocycles. The Balaban J connectivity index is 1.71. The molecule has 0 bridgehead atoms.